The van der Waals surface area contributed by atoms with Crippen LogP contribution < -0.4 is 5.32 Å². The van der Waals surface area contributed by atoms with Gasteiger partial charge in [0.15, 0.2) is 23.2 Å². The van der Waals surface area contributed by atoms with E-state index in [1.807, 2.05) is 0 Å². The molecule has 11 heteroatoms. The summed E-state index contributed by atoms with van der Waals surface area (Å²) < 4.78 is 21.4. The minimum absolute atomic E-state index is 0.104. The van der Waals surface area contributed by atoms with E-state index in [1.165, 1.54) is 30.5 Å². The number of anilines is 1. The van der Waals surface area contributed by atoms with Crippen molar-refractivity contribution in [2.75, 3.05) is 11.1 Å². The Morgan fingerprint density at radius 1 is 1.12 bits per heavy atom. The topological polar surface area (TPSA) is 126 Å². The van der Waals surface area contributed by atoms with Crippen LogP contribution in [0.3, 0.4) is 0 Å². The molecule has 4 N–H and O–H groups in total. The summed E-state index contributed by atoms with van der Waals surface area (Å²) >= 11 is 1.22. The van der Waals surface area contributed by atoms with Crippen molar-refractivity contribution >= 4 is 28.7 Å². The van der Waals surface area contributed by atoms with E-state index < -0.39 is 30.6 Å². The molecule has 2 fully saturated rings. The van der Waals surface area contributed by atoms with Crippen LogP contribution in [0.5, 0.6) is 0 Å². The monoisotopic (exact) mass is 461 g/mol. The molecule has 3 aromatic rings. The number of nitrogens with zero attached hydrogens (tertiary/aromatic N) is 4. The molecule has 1 aromatic carbocycles. The van der Waals surface area contributed by atoms with Crippen LogP contribution in [0, 0.1) is 5.82 Å². The first-order chi connectivity index (χ1) is 15.5. The molecule has 0 bridgehead atoms. The molecular weight excluding hydrogens is 437 g/mol. The van der Waals surface area contributed by atoms with Gasteiger partial charge >= 0.3 is 0 Å². The van der Waals surface area contributed by atoms with E-state index in [-0.39, 0.29) is 17.6 Å². The first kappa shape index (κ1) is 21.5. The Hall–Kier alpha value is -2.31. The van der Waals surface area contributed by atoms with Gasteiger partial charge in [-0.05, 0) is 31.4 Å². The number of aliphatic hydroxyl groups excluding tert-OH is 3. The zero-order chi connectivity index (χ0) is 22.2. The number of halogens is 1. The van der Waals surface area contributed by atoms with Crippen molar-refractivity contribution in [3.8, 4) is 0 Å². The molecule has 170 valence electrons. The summed E-state index contributed by atoms with van der Waals surface area (Å²) in [5.41, 5.74) is 0.926. The molecule has 0 amide bonds. The van der Waals surface area contributed by atoms with Gasteiger partial charge in [0.2, 0.25) is 0 Å². The molecular formula is C21H24FN5O4S. The standard InChI is InChI=1S/C21H24FN5O4S/c22-11-4-1-2-7-15(11)32-8-14-17(29)18(30)21(31-14)27-10-25-16-19(23-9-24-20(16)27)26-12-5-3-6-13(12)28/h1-2,4,7,9-10,12-14,17-18,21,28-30H,3,5-6,8H2,(H,23,24,26). The van der Waals surface area contributed by atoms with Gasteiger partial charge in [0.25, 0.3) is 0 Å². The first-order valence-electron chi connectivity index (χ1n) is 10.5. The molecule has 1 aliphatic heterocycles. The Morgan fingerprint density at radius 2 is 1.97 bits per heavy atom. The van der Waals surface area contributed by atoms with Gasteiger partial charge in [-0.25, -0.2) is 19.3 Å². The largest absolute Gasteiger partial charge is 0.391 e. The van der Waals surface area contributed by atoms with E-state index in [0.29, 0.717) is 21.9 Å². The van der Waals surface area contributed by atoms with E-state index in [4.69, 9.17) is 4.74 Å². The number of hydrogen-bond donors (Lipinski definition) is 4. The second kappa shape index (κ2) is 8.91. The molecule has 9 nitrogen and oxygen atoms in total. The second-order valence-corrected chi connectivity index (χ2v) is 9.14. The molecule has 1 saturated carbocycles. The predicted molar refractivity (Wildman–Crippen MR) is 116 cm³/mol. The van der Waals surface area contributed by atoms with Gasteiger partial charge in [-0.15, -0.1) is 11.8 Å². The van der Waals surface area contributed by atoms with Crippen LogP contribution in [-0.2, 0) is 4.74 Å². The van der Waals surface area contributed by atoms with Crippen LogP contribution in [0.4, 0.5) is 10.2 Å². The van der Waals surface area contributed by atoms with Gasteiger partial charge in [0.1, 0.15) is 24.4 Å². The number of nitrogens with one attached hydrogen (secondary N) is 1. The molecule has 3 heterocycles. The van der Waals surface area contributed by atoms with E-state index in [9.17, 15) is 19.7 Å². The van der Waals surface area contributed by atoms with Crippen molar-refractivity contribution in [2.24, 2.45) is 0 Å². The zero-order valence-electron chi connectivity index (χ0n) is 17.1. The maximum atomic E-state index is 13.9. The summed E-state index contributed by atoms with van der Waals surface area (Å²) in [6, 6.07) is 6.28. The van der Waals surface area contributed by atoms with Crippen molar-refractivity contribution in [1.82, 2.24) is 19.5 Å². The average molecular weight is 462 g/mol. The number of aliphatic hydroxyl groups is 3. The first-order valence-corrected chi connectivity index (χ1v) is 11.5. The summed E-state index contributed by atoms with van der Waals surface area (Å²) in [5.74, 6) is 0.426. The van der Waals surface area contributed by atoms with E-state index in [1.54, 1.807) is 22.8 Å². The lowest BCUT2D eigenvalue weighted by molar-refractivity contribution is -0.0289. The fourth-order valence-corrected chi connectivity index (χ4v) is 5.26. The highest BCUT2D eigenvalue weighted by Crippen LogP contribution is 2.35. The molecule has 2 aliphatic rings. The molecule has 2 aromatic heterocycles. The van der Waals surface area contributed by atoms with Crippen molar-refractivity contribution < 1.29 is 24.4 Å². The Kier molecular flexibility index (Phi) is 5.99. The maximum absolute atomic E-state index is 13.9. The van der Waals surface area contributed by atoms with Crippen LogP contribution >= 0.6 is 11.8 Å². The lowest BCUT2D eigenvalue weighted by Gasteiger charge is -2.18. The van der Waals surface area contributed by atoms with Gasteiger partial charge in [-0.3, -0.25) is 4.57 Å². The SMILES string of the molecule is OC1CCCC1Nc1ncnc2c1ncn2C1OC(CSc2ccccc2F)C(O)C1O. The minimum atomic E-state index is -1.21. The highest BCUT2D eigenvalue weighted by molar-refractivity contribution is 7.99. The summed E-state index contributed by atoms with van der Waals surface area (Å²) in [4.78, 5) is 13.4. The van der Waals surface area contributed by atoms with Crippen LogP contribution in [0.15, 0.2) is 41.8 Å². The van der Waals surface area contributed by atoms with E-state index in [2.05, 4.69) is 20.3 Å². The van der Waals surface area contributed by atoms with Crippen molar-refractivity contribution in [3.05, 3.63) is 42.7 Å². The highest BCUT2D eigenvalue weighted by atomic mass is 32.2. The van der Waals surface area contributed by atoms with Crippen molar-refractivity contribution in [3.63, 3.8) is 0 Å². The van der Waals surface area contributed by atoms with Crippen LogP contribution in [0.1, 0.15) is 25.5 Å². The van der Waals surface area contributed by atoms with Gasteiger partial charge in [-0.1, -0.05) is 12.1 Å². The van der Waals surface area contributed by atoms with Crippen molar-refractivity contribution in [1.29, 1.82) is 0 Å². The number of aromatic nitrogens is 4. The number of rotatable bonds is 6. The number of thioether (sulfide) groups is 1. The minimum Gasteiger partial charge on any atom is -0.391 e. The van der Waals surface area contributed by atoms with Crippen molar-refractivity contribution in [2.45, 2.75) is 60.8 Å². The third-order valence-electron chi connectivity index (χ3n) is 6.01. The molecule has 32 heavy (non-hydrogen) atoms. The van der Waals surface area contributed by atoms with E-state index in [0.717, 1.165) is 19.3 Å². The summed E-state index contributed by atoms with van der Waals surface area (Å²) in [5, 5.41) is 34.5. The Balaban J connectivity index is 1.34. The Bertz CT molecular complexity index is 1100. The molecule has 6 unspecified atom stereocenters. The molecule has 0 radical (unpaired) electrons. The molecule has 6 atom stereocenters. The quantitative estimate of drug-likeness (QED) is 0.406. The zero-order valence-corrected chi connectivity index (χ0v) is 17.9. The lowest BCUT2D eigenvalue weighted by Crippen LogP contribution is -2.32. The molecule has 1 aliphatic carbocycles. The van der Waals surface area contributed by atoms with Gasteiger partial charge < -0.3 is 25.4 Å². The van der Waals surface area contributed by atoms with Crippen LogP contribution in [0.2, 0.25) is 0 Å². The third-order valence-corrected chi connectivity index (χ3v) is 7.15. The second-order valence-electron chi connectivity index (χ2n) is 8.08. The van der Waals surface area contributed by atoms with Crippen LogP contribution in [-0.4, -0.2) is 71.0 Å². The van der Waals surface area contributed by atoms with Gasteiger partial charge in [0.05, 0.1) is 24.6 Å². The third kappa shape index (κ3) is 3.95. The smallest absolute Gasteiger partial charge is 0.167 e. The fourth-order valence-electron chi connectivity index (χ4n) is 4.26. The van der Waals surface area contributed by atoms with Gasteiger partial charge in [0, 0.05) is 10.6 Å². The number of imidazole rings is 1. The molecule has 5 rings (SSSR count). The molecule has 1 saturated heterocycles. The maximum Gasteiger partial charge on any atom is 0.167 e. The summed E-state index contributed by atoms with van der Waals surface area (Å²) in [6.07, 6.45) is 0.990. The Labute approximate surface area is 187 Å². The Morgan fingerprint density at radius 3 is 2.75 bits per heavy atom. The number of ether oxygens (including phenoxy) is 1. The van der Waals surface area contributed by atoms with Gasteiger partial charge in [-0.2, -0.15) is 0 Å². The summed E-state index contributed by atoms with van der Waals surface area (Å²) in [7, 11) is 0. The number of fused-ring (bicyclic) bond motifs is 1. The lowest BCUT2D eigenvalue weighted by atomic mass is 10.1. The predicted octanol–water partition coefficient (Wildman–Crippen LogP) is 1.70. The average Bonchev–Trinajstić information content (AvgIpc) is 3.47. The number of hydrogen-bond acceptors (Lipinski definition) is 9. The molecule has 0 spiro atoms. The highest BCUT2D eigenvalue weighted by Gasteiger charge is 2.44. The van der Waals surface area contributed by atoms with E-state index >= 15 is 0 Å². The van der Waals surface area contributed by atoms with Crippen LogP contribution in [0.25, 0.3) is 11.2 Å². The fraction of sp³-hybridized carbons (Fsp3) is 0.476. The normalized spacial score (nSPS) is 30.2. The number of benzene rings is 1. The summed E-state index contributed by atoms with van der Waals surface area (Å²) in [6.45, 7) is 0.